The van der Waals surface area contributed by atoms with Crippen LogP contribution in [0, 0.1) is 5.82 Å². The van der Waals surface area contributed by atoms with Crippen molar-refractivity contribution in [1.29, 1.82) is 0 Å². The van der Waals surface area contributed by atoms with Crippen molar-refractivity contribution in [3.8, 4) is 5.75 Å². The Hall–Kier alpha value is -2.21. The number of halogens is 1. The van der Waals surface area contributed by atoms with Gasteiger partial charge in [0.2, 0.25) is 5.91 Å². The predicted octanol–water partition coefficient (Wildman–Crippen LogP) is 3.66. The first-order chi connectivity index (χ1) is 12.6. The SMILES string of the molecule is COc1ccc(S[C@H](C)C(=O)N2CCN(c3ccccc3F)CC2)cc1. The highest BCUT2D eigenvalue weighted by molar-refractivity contribution is 8.00. The van der Waals surface area contributed by atoms with Gasteiger partial charge in [-0.3, -0.25) is 4.79 Å². The van der Waals surface area contributed by atoms with Crippen molar-refractivity contribution >= 4 is 23.4 Å². The number of benzene rings is 2. The fourth-order valence-electron chi connectivity index (χ4n) is 3.04. The molecule has 1 amide bonds. The summed E-state index contributed by atoms with van der Waals surface area (Å²) in [6, 6.07) is 14.5. The molecule has 1 atom stereocenters. The van der Waals surface area contributed by atoms with Gasteiger partial charge in [-0.15, -0.1) is 11.8 Å². The molecule has 2 aromatic rings. The largest absolute Gasteiger partial charge is 0.497 e. The third-order valence-corrected chi connectivity index (χ3v) is 5.60. The van der Waals surface area contributed by atoms with Gasteiger partial charge in [0.15, 0.2) is 0 Å². The lowest BCUT2D eigenvalue weighted by molar-refractivity contribution is -0.130. The zero-order valence-electron chi connectivity index (χ0n) is 15.0. The molecule has 1 aliphatic heterocycles. The molecule has 1 saturated heterocycles. The first kappa shape index (κ1) is 18.6. The second-order valence-corrected chi connectivity index (χ2v) is 7.61. The molecule has 0 aromatic heterocycles. The zero-order chi connectivity index (χ0) is 18.5. The molecule has 138 valence electrons. The van der Waals surface area contributed by atoms with Gasteiger partial charge in [-0.2, -0.15) is 0 Å². The Bertz CT molecular complexity index is 746. The van der Waals surface area contributed by atoms with E-state index < -0.39 is 0 Å². The average Bonchev–Trinajstić information content (AvgIpc) is 2.68. The van der Waals surface area contributed by atoms with Gasteiger partial charge in [0.25, 0.3) is 0 Å². The maximum absolute atomic E-state index is 13.9. The van der Waals surface area contributed by atoms with E-state index in [0.717, 1.165) is 10.6 Å². The van der Waals surface area contributed by atoms with Crippen molar-refractivity contribution in [1.82, 2.24) is 4.90 Å². The summed E-state index contributed by atoms with van der Waals surface area (Å²) in [6.45, 7) is 4.45. The third-order valence-electron chi connectivity index (χ3n) is 4.50. The second-order valence-electron chi connectivity index (χ2n) is 6.20. The highest BCUT2D eigenvalue weighted by Gasteiger charge is 2.26. The molecular weight excluding hydrogens is 351 g/mol. The number of methoxy groups -OCH3 is 1. The molecule has 6 heteroatoms. The van der Waals surface area contributed by atoms with E-state index in [2.05, 4.69) is 0 Å². The Kier molecular flexibility index (Phi) is 6.04. The first-order valence-corrected chi connectivity index (χ1v) is 9.55. The predicted molar refractivity (Wildman–Crippen MR) is 104 cm³/mol. The number of ether oxygens (including phenoxy) is 1. The fourth-order valence-corrected chi connectivity index (χ4v) is 3.99. The number of piperazine rings is 1. The molecule has 1 heterocycles. The molecule has 0 saturated carbocycles. The number of nitrogens with zero attached hydrogens (tertiary/aromatic N) is 2. The van der Waals surface area contributed by atoms with Crippen LogP contribution in [0.1, 0.15) is 6.92 Å². The monoisotopic (exact) mass is 374 g/mol. The minimum atomic E-state index is -0.212. The van der Waals surface area contributed by atoms with Crippen LogP contribution in [-0.4, -0.2) is 49.3 Å². The molecule has 2 aromatic carbocycles. The maximum atomic E-state index is 13.9. The van der Waals surface area contributed by atoms with Crippen molar-refractivity contribution in [2.45, 2.75) is 17.1 Å². The third kappa shape index (κ3) is 4.30. The summed E-state index contributed by atoms with van der Waals surface area (Å²) in [6.07, 6.45) is 0. The van der Waals surface area contributed by atoms with Gasteiger partial charge in [0.1, 0.15) is 11.6 Å². The zero-order valence-corrected chi connectivity index (χ0v) is 15.8. The number of hydrogen-bond donors (Lipinski definition) is 0. The van der Waals surface area contributed by atoms with Gasteiger partial charge in [-0.1, -0.05) is 12.1 Å². The standard InChI is InChI=1S/C20H23FN2O2S/c1-15(26-17-9-7-16(25-2)8-10-17)20(24)23-13-11-22(12-14-23)19-6-4-3-5-18(19)21/h3-10,15H,11-14H2,1-2H3/t15-/m1/s1. The van der Waals surface area contributed by atoms with Crippen molar-refractivity contribution < 1.29 is 13.9 Å². The molecule has 0 bridgehead atoms. The molecule has 0 N–H and O–H groups in total. The van der Waals surface area contributed by atoms with Crippen molar-refractivity contribution in [3.63, 3.8) is 0 Å². The van der Waals surface area contributed by atoms with Crippen molar-refractivity contribution in [2.75, 3.05) is 38.2 Å². The molecule has 3 rings (SSSR count). The minimum absolute atomic E-state index is 0.124. The van der Waals surface area contributed by atoms with E-state index in [1.54, 1.807) is 31.0 Å². The Labute approximate surface area is 157 Å². The Balaban J connectivity index is 1.55. The smallest absolute Gasteiger partial charge is 0.235 e. The van der Waals surface area contributed by atoms with E-state index in [4.69, 9.17) is 4.74 Å². The number of anilines is 1. The Morgan fingerprint density at radius 1 is 1.08 bits per heavy atom. The van der Waals surface area contributed by atoms with Crippen molar-refractivity contribution in [3.05, 3.63) is 54.3 Å². The summed E-state index contributed by atoms with van der Waals surface area (Å²) in [4.78, 5) is 17.6. The number of carbonyl (C=O) groups is 1. The molecule has 1 aliphatic rings. The van der Waals surface area contributed by atoms with Crippen LogP contribution in [0.3, 0.4) is 0 Å². The van der Waals surface area contributed by atoms with Crippen LogP contribution < -0.4 is 9.64 Å². The van der Waals surface area contributed by atoms with Gasteiger partial charge < -0.3 is 14.5 Å². The molecule has 0 spiro atoms. The number of amides is 1. The van der Waals surface area contributed by atoms with Gasteiger partial charge in [-0.25, -0.2) is 4.39 Å². The van der Waals surface area contributed by atoms with Gasteiger partial charge >= 0.3 is 0 Å². The highest BCUT2D eigenvalue weighted by Crippen LogP contribution is 2.27. The van der Waals surface area contributed by atoms with E-state index in [9.17, 15) is 9.18 Å². The van der Waals surface area contributed by atoms with Gasteiger partial charge in [-0.05, 0) is 43.3 Å². The molecule has 26 heavy (non-hydrogen) atoms. The lowest BCUT2D eigenvalue weighted by Crippen LogP contribution is -2.50. The average molecular weight is 374 g/mol. The highest BCUT2D eigenvalue weighted by atomic mass is 32.2. The summed E-state index contributed by atoms with van der Waals surface area (Å²) in [7, 11) is 1.63. The summed E-state index contributed by atoms with van der Waals surface area (Å²) >= 11 is 1.54. The summed E-state index contributed by atoms with van der Waals surface area (Å²) < 4.78 is 19.1. The van der Waals surface area contributed by atoms with Gasteiger partial charge in [0, 0.05) is 31.1 Å². The van der Waals surface area contributed by atoms with Crippen LogP contribution in [0.4, 0.5) is 10.1 Å². The molecule has 0 radical (unpaired) electrons. The molecular formula is C20H23FN2O2S. The van der Waals surface area contributed by atoms with Crippen molar-refractivity contribution in [2.24, 2.45) is 0 Å². The summed E-state index contributed by atoms with van der Waals surface area (Å²) in [5.41, 5.74) is 0.611. The van der Waals surface area contributed by atoms with E-state index in [1.165, 1.54) is 6.07 Å². The molecule has 4 nitrogen and oxygen atoms in total. The summed E-state index contributed by atoms with van der Waals surface area (Å²) in [5.74, 6) is 0.715. The van der Waals surface area contributed by atoms with Crippen LogP contribution in [-0.2, 0) is 4.79 Å². The number of para-hydroxylation sites is 1. The Morgan fingerprint density at radius 2 is 1.73 bits per heavy atom. The molecule has 0 unspecified atom stereocenters. The lowest BCUT2D eigenvalue weighted by atomic mass is 10.2. The fraction of sp³-hybridized carbons (Fsp3) is 0.350. The first-order valence-electron chi connectivity index (χ1n) is 8.67. The van der Waals surface area contributed by atoms with E-state index in [-0.39, 0.29) is 17.0 Å². The molecule has 1 fully saturated rings. The second kappa shape index (κ2) is 8.45. The van der Waals surface area contributed by atoms with Crippen LogP contribution in [0.25, 0.3) is 0 Å². The van der Waals surface area contributed by atoms with Crippen LogP contribution in [0.5, 0.6) is 5.75 Å². The maximum Gasteiger partial charge on any atom is 0.235 e. The Morgan fingerprint density at radius 3 is 2.35 bits per heavy atom. The van der Waals surface area contributed by atoms with Crippen LogP contribution in [0.2, 0.25) is 0 Å². The van der Waals surface area contributed by atoms with E-state index in [0.29, 0.717) is 31.9 Å². The number of thioether (sulfide) groups is 1. The minimum Gasteiger partial charge on any atom is -0.497 e. The normalized spacial score (nSPS) is 15.7. The number of hydrogen-bond acceptors (Lipinski definition) is 4. The van der Waals surface area contributed by atoms with Gasteiger partial charge in [0.05, 0.1) is 18.0 Å². The van der Waals surface area contributed by atoms with E-state index >= 15 is 0 Å². The summed E-state index contributed by atoms with van der Waals surface area (Å²) in [5, 5.41) is -0.164. The lowest BCUT2D eigenvalue weighted by Gasteiger charge is -2.37. The topological polar surface area (TPSA) is 32.8 Å². The quantitative estimate of drug-likeness (QED) is 0.748. The number of rotatable bonds is 5. The van der Waals surface area contributed by atoms with Crippen LogP contribution >= 0.6 is 11.8 Å². The number of carbonyl (C=O) groups excluding carboxylic acids is 1. The van der Waals surface area contributed by atoms with Crippen LogP contribution in [0.15, 0.2) is 53.4 Å². The van der Waals surface area contributed by atoms with E-state index in [1.807, 2.05) is 47.1 Å². The molecule has 0 aliphatic carbocycles.